The van der Waals surface area contributed by atoms with Crippen LogP contribution in [0.25, 0.3) is 0 Å². The van der Waals surface area contributed by atoms with Gasteiger partial charge in [-0.05, 0) is 25.0 Å². The molecule has 0 radical (unpaired) electrons. The van der Waals surface area contributed by atoms with Crippen molar-refractivity contribution < 1.29 is 14.0 Å². The Bertz CT molecular complexity index is 753. The second-order valence-corrected chi connectivity index (χ2v) is 5.36. The van der Waals surface area contributed by atoms with Gasteiger partial charge in [-0.25, -0.2) is 4.39 Å². The van der Waals surface area contributed by atoms with Gasteiger partial charge in [-0.15, -0.1) is 0 Å². The summed E-state index contributed by atoms with van der Waals surface area (Å²) >= 11 is 0. The Balaban J connectivity index is 2.09. The van der Waals surface area contributed by atoms with E-state index < -0.39 is 23.2 Å². The highest BCUT2D eigenvalue weighted by Crippen LogP contribution is 2.38. The molecule has 2 heterocycles. The topological polar surface area (TPSA) is 89.2 Å². The summed E-state index contributed by atoms with van der Waals surface area (Å²) in [6, 6.07) is 5.66. The summed E-state index contributed by atoms with van der Waals surface area (Å²) in [5, 5.41) is 0. The number of benzene rings is 1. The van der Waals surface area contributed by atoms with Crippen LogP contribution in [0, 0.1) is 5.82 Å². The maximum Gasteiger partial charge on any atom is 0.258 e. The molecule has 1 saturated heterocycles. The fourth-order valence-corrected chi connectivity index (χ4v) is 3.04. The zero-order valence-corrected chi connectivity index (χ0v) is 12.3. The van der Waals surface area contributed by atoms with Crippen molar-refractivity contribution in [2.75, 3.05) is 6.54 Å². The molecule has 2 aromatic rings. The van der Waals surface area contributed by atoms with Crippen molar-refractivity contribution in [1.29, 1.82) is 0 Å². The van der Waals surface area contributed by atoms with Gasteiger partial charge in [0, 0.05) is 18.9 Å². The van der Waals surface area contributed by atoms with E-state index >= 15 is 0 Å². The Hall–Kier alpha value is -2.83. The molecule has 1 aromatic heterocycles. The van der Waals surface area contributed by atoms with Crippen molar-refractivity contribution >= 4 is 11.8 Å². The van der Waals surface area contributed by atoms with E-state index in [1.807, 2.05) is 0 Å². The molecule has 1 aliphatic heterocycles. The number of likely N-dealkylation sites (tertiary alicyclic amines) is 1. The van der Waals surface area contributed by atoms with Crippen LogP contribution < -0.4 is 5.73 Å². The van der Waals surface area contributed by atoms with Crippen LogP contribution in [-0.2, 0) is 10.3 Å². The highest BCUT2D eigenvalue weighted by atomic mass is 19.1. The number of nitrogens with two attached hydrogens (primary N) is 1. The first-order valence-corrected chi connectivity index (χ1v) is 7.20. The molecule has 1 atom stereocenters. The first-order valence-electron chi connectivity index (χ1n) is 7.20. The van der Waals surface area contributed by atoms with Crippen LogP contribution in [-0.4, -0.2) is 33.2 Å². The van der Waals surface area contributed by atoms with Gasteiger partial charge in [-0.2, -0.15) is 0 Å². The van der Waals surface area contributed by atoms with E-state index in [0.29, 0.717) is 25.1 Å². The minimum Gasteiger partial charge on any atom is -0.367 e. The van der Waals surface area contributed by atoms with E-state index in [4.69, 9.17) is 5.73 Å². The summed E-state index contributed by atoms with van der Waals surface area (Å²) in [6.45, 7) is 0.298. The molecule has 0 aliphatic carbocycles. The van der Waals surface area contributed by atoms with E-state index in [1.165, 1.54) is 41.7 Å². The molecule has 6 nitrogen and oxygen atoms in total. The van der Waals surface area contributed by atoms with Crippen molar-refractivity contribution in [2.45, 2.75) is 18.4 Å². The van der Waals surface area contributed by atoms with Gasteiger partial charge in [0.25, 0.3) is 5.91 Å². The molecular weight excluding hydrogens is 299 g/mol. The minimum atomic E-state index is -1.40. The fraction of sp³-hybridized carbons (Fsp3) is 0.250. The highest BCUT2D eigenvalue weighted by molar-refractivity contribution is 5.99. The number of aromatic nitrogens is 2. The average molecular weight is 314 g/mol. The molecule has 2 N–H and O–H groups in total. The molecule has 1 aromatic carbocycles. The van der Waals surface area contributed by atoms with Crippen LogP contribution in [0.2, 0.25) is 0 Å². The number of amides is 2. The van der Waals surface area contributed by atoms with Gasteiger partial charge in [-0.1, -0.05) is 12.1 Å². The summed E-state index contributed by atoms with van der Waals surface area (Å²) in [5.74, 6) is -1.91. The van der Waals surface area contributed by atoms with Gasteiger partial charge in [0.15, 0.2) is 5.54 Å². The molecule has 0 saturated carbocycles. The summed E-state index contributed by atoms with van der Waals surface area (Å²) in [6.07, 6.45) is 5.22. The largest absolute Gasteiger partial charge is 0.367 e. The van der Waals surface area contributed by atoms with Crippen LogP contribution in [0.5, 0.6) is 0 Å². The van der Waals surface area contributed by atoms with Crippen molar-refractivity contribution in [1.82, 2.24) is 14.9 Å². The minimum absolute atomic E-state index is 0.0936. The molecular formula is C16H15FN4O2. The normalized spacial score (nSPS) is 20.5. The molecule has 1 aliphatic rings. The summed E-state index contributed by atoms with van der Waals surface area (Å²) in [7, 11) is 0. The lowest BCUT2D eigenvalue weighted by Gasteiger charge is -2.35. The van der Waals surface area contributed by atoms with Crippen molar-refractivity contribution in [3.63, 3.8) is 0 Å². The predicted octanol–water partition coefficient (Wildman–Crippen LogP) is 1.23. The maximum atomic E-state index is 14.0. The van der Waals surface area contributed by atoms with Crippen molar-refractivity contribution in [3.05, 3.63) is 59.9 Å². The second kappa shape index (κ2) is 5.75. The zero-order chi connectivity index (χ0) is 16.4. The maximum absolute atomic E-state index is 14.0. The van der Waals surface area contributed by atoms with Crippen LogP contribution >= 0.6 is 0 Å². The Morgan fingerprint density at radius 1 is 1.26 bits per heavy atom. The van der Waals surface area contributed by atoms with Crippen LogP contribution in [0.1, 0.15) is 28.9 Å². The highest BCUT2D eigenvalue weighted by Gasteiger charge is 2.51. The number of hydrogen-bond acceptors (Lipinski definition) is 4. The number of primary amides is 1. The van der Waals surface area contributed by atoms with E-state index in [-0.39, 0.29) is 5.56 Å². The zero-order valence-electron chi connectivity index (χ0n) is 12.3. The average Bonchev–Trinajstić information content (AvgIpc) is 3.01. The van der Waals surface area contributed by atoms with Gasteiger partial charge >= 0.3 is 0 Å². The Morgan fingerprint density at radius 3 is 2.70 bits per heavy atom. The smallest absolute Gasteiger partial charge is 0.258 e. The lowest BCUT2D eigenvalue weighted by atomic mass is 9.90. The lowest BCUT2D eigenvalue weighted by molar-refractivity contribution is -0.128. The van der Waals surface area contributed by atoms with Crippen LogP contribution in [0.15, 0.2) is 42.9 Å². The third-order valence-corrected chi connectivity index (χ3v) is 4.13. The van der Waals surface area contributed by atoms with Gasteiger partial charge < -0.3 is 10.6 Å². The first-order chi connectivity index (χ1) is 11.1. The Labute approximate surface area is 132 Å². The number of carbonyl (C=O) groups is 2. The molecule has 1 unspecified atom stereocenters. The quantitative estimate of drug-likeness (QED) is 0.923. The number of carbonyl (C=O) groups excluding carboxylic acids is 2. The standard InChI is InChI=1S/C16H15FN4O2/c17-12-5-2-1-4-11(12)14(22)21-9-3-6-16(21,15(18)23)13-10-19-7-8-20-13/h1-2,4-5,7-8,10H,3,6,9H2,(H2,18,23). The van der Waals surface area contributed by atoms with E-state index in [9.17, 15) is 14.0 Å². The third-order valence-electron chi connectivity index (χ3n) is 4.13. The molecule has 3 rings (SSSR count). The van der Waals surface area contributed by atoms with Gasteiger partial charge in [0.2, 0.25) is 5.91 Å². The molecule has 1 fully saturated rings. The van der Waals surface area contributed by atoms with Crippen LogP contribution in [0.4, 0.5) is 4.39 Å². The molecule has 0 spiro atoms. The number of nitrogens with zero attached hydrogens (tertiary/aromatic N) is 3. The van der Waals surface area contributed by atoms with E-state index in [2.05, 4.69) is 9.97 Å². The van der Waals surface area contributed by atoms with Gasteiger partial charge in [-0.3, -0.25) is 19.6 Å². The summed E-state index contributed by atoms with van der Waals surface area (Å²) < 4.78 is 14.0. The lowest BCUT2D eigenvalue weighted by Crippen LogP contribution is -2.54. The molecule has 23 heavy (non-hydrogen) atoms. The molecule has 7 heteroatoms. The Morgan fingerprint density at radius 2 is 2.04 bits per heavy atom. The first kappa shape index (κ1) is 15.1. The SMILES string of the molecule is NC(=O)C1(c2cnccn2)CCCN1C(=O)c1ccccc1F. The van der Waals surface area contributed by atoms with Crippen LogP contribution in [0.3, 0.4) is 0 Å². The predicted molar refractivity (Wildman–Crippen MR) is 79.6 cm³/mol. The number of hydrogen-bond donors (Lipinski definition) is 1. The third kappa shape index (κ3) is 2.34. The van der Waals surface area contributed by atoms with Gasteiger partial charge in [0.1, 0.15) is 5.82 Å². The fourth-order valence-electron chi connectivity index (χ4n) is 3.04. The van der Waals surface area contributed by atoms with Crippen molar-refractivity contribution in [2.24, 2.45) is 5.73 Å². The van der Waals surface area contributed by atoms with E-state index in [1.54, 1.807) is 6.07 Å². The summed E-state index contributed by atoms with van der Waals surface area (Å²) in [4.78, 5) is 34.4. The van der Waals surface area contributed by atoms with Crippen molar-refractivity contribution in [3.8, 4) is 0 Å². The molecule has 0 bridgehead atoms. The molecule has 2 amide bonds. The second-order valence-electron chi connectivity index (χ2n) is 5.36. The summed E-state index contributed by atoms with van der Waals surface area (Å²) in [5.41, 5.74) is 4.43. The van der Waals surface area contributed by atoms with Gasteiger partial charge in [0.05, 0.1) is 17.5 Å². The van der Waals surface area contributed by atoms with E-state index in [0.717, 1.165) is 0 Å². The number of halogens is 1. The number of rotatable bonds is 3. The monoisotopic (exact) mass is 314 g/mol. The Kier molecular flexibility index (Phi) is 3.77. The molecule has 118 valence electrons.